The number of aliphatic hydroxyl groups is 2. The first kappa shape index (κ1) is 16.7. The lowest BCUT2D eigenvalue weighted by Crippen LogP contribution is -2.42. The molecule has 1 aromatic rings. The fourth-order valence-electron chi connectivity index (χ4n) is 1.59. The molecule has 1 rings (SSSR count). The molecule has 0 amide bonds. The van der Waals surface area contributed by atoms with Crippen molar-refractivity contribution in [1.82, 2.24) is 4.90 Å². The van der Waals surface area contributed by atoms with Crippen molar-refractivity contribution < 1.29 is 28.1 Å². The number of benzene rings is 1. The molecule has 0 heterocycles. The van der Waals surface area contributed by atoms with Crippen LogP contribution in [0.5, 0.6) is 5.75 Å². The van der Waals surface area contributed by atoms with Gasteiger partial charge < -0.3 is 19.8 Å². The molecule has 0 aliphatic heterocycles. The lowest BCUT2D eigenvalue weighted by atomic mass is 10.3. The summed E-state index contributed by atoms with van der Waals surface area (Å²) in [5, 5.41) is 18.6. The number of halogens is 3. The maximum absolute atomic E-state index is 12.2. The van der Waals surface area contributed by atoms with E-state index in [0.717, 1.165) is 0 Å². The molecular weight excluding hydrogens is 275 g/mol. The zero-order chi connectivity index (χ0) is 15.2. The van der Waals surface area contributed by atoms with Crippen LogP contribution in [-0.4, -0.2) is 60.2 Å². The minimum atomic E-state index is -4.65. The Hall–Kier alpha value is -1.31. The fourth-order valence-corrected chi connectivity index (χ4v) is 1.59. The first-order valence-electron chi connectivity index (χ1n) is 6.08. The Morgan fingerprint density at radius 2 is 1.75 bits per heavy atom. The molecule has 0 saturated carbocycles. The van der Waals surface area contributed by atoms with Crippen LogP contribution in [0.15, 0.2) is 30.3 Å². The maximum Gasteiger partial charge on any atom is 0.415 e. The summed E-state index contributed by atoms with van der Waals surface area (Å²) in [6.45, 7) is -0.650. The van der Waals surface area contributed by atoms with E-state index in [1.165, 1.54) is 11.9 Å². The number of aliphatic hydroxyl groups excluding tert-OH is 2. The summed E-state index contributed by atoms with van der Waals surface area (Å²) < 4.78 is 41.7. The highest BCUT2D eigenvalue weighted by atomic mass is 19.4. The molecule has 2 atom stereocenters. The summed E-state index contributed by atoms with van der Waals surface area (Å²) in [5.41, 5.74) is 0. The van der Waals surface area contributed by atoms with Crippen LogP contribution in [0.1, 0.15) is 0 Å². The van der Waals surface area contributed by atoms with Gasteiger partial charge in [-0.1, -0.05) is 18.2 Å². The molecular formula is C13H18F3NO3. The Labute approximate surface area is 115 Å². The highest BCUT2D eigenvalue weighted by Crippen LogP contribution is 2.20. The first-order valence-corrected chi connectivity index (χ1v) is 6.08. The topological polar surface area (TPSA) is 52.9 Å². The third-order valence-electron chi connectivity index (χ3n) is 2.57. The van der Waals surface area contributed by atoms with E-state index in [9.17, 15) is 18.3 Å². The van der Waals surface area contributed by atoms with Crippen LogP contribution in [0.2, 0.25) is 0 Å². The van der Waals surface area contributed by atoms with Gasteiger partial charge in [0.1, 0.15) is 18.5 Å². The van der Waals surface area contributed by atoms with Crippen LogP contribution in [0, 0.1) is 0 Å². The summed E-state index contributed by atoms with van der Waals surface area (Å²) in [6, 6.07) is 8.78. The van der Waals surface area contributed by atoms with E-state index >= 15 is 0 Å². The van der Waals surface area contributed by atoms with E-state index in [1.807, 2.05) is 6.07 Å². The summed E-state index contributed by atoms with van der Waals surface area (Å²) in [4.78, 5) is 1.21. The summed E-state index contributed by atoms with van der Waals surface area (Å²) in [7, 11) is 1.39. The molecule has 0 spiro atoms. The van der Waals surface area contributed by atoms with E-state index in [-0.39, 0.29) is 13.2 Å². The number of hydrogen-bond acceptors (Lipinski definition) is 4. The van der Waals surface area contributed by atoms with Gasteiger partial charge >= 0.3 is 6.18 Å². The molecule has 4 nitrogen and oxygen atoms in total. The van der Waals surface area contributed by atoms with Gasteiger partial charge in [0.25, 0.3) is 0 Å². The quantitative estimate of drug-likeness (QED) is 0.795. The lowest BCUT2D eigenvalue weighted by Gasteiger charge is -2.24. The molecule has 0 bridgehead atoms. The van der Waals surface area contributed by atoms with E-state index in [4.69, 9.17) is 9.84 Å². The molecule has 0 aliphatic rings. The van der Waals surface area contributed by atoms with Crippen LogP contribution in [0.4, 0.5) is 13.2 Å². The number of likely N-dealkylation sites (N-methyl/N-ethyl adjacent to an activating group) is 1. The second-order valence-electron chi connectivity index (χ2n) is 4.56. The maximum atomic E-state index is 12.2. The SMILES string of the molecule is CN(CC(O)COc1ccccc1)CC(O)C(F)(F)F. The average molecular weight is 293 g/mol. The van der Waals surface area contributed by atoms with Crippen LogP contribution in [0.3, 0.4) is 0 Å². The number of hydrogen-bond donors (Lipinski definition) is 2. The summed E-state index contributed by atoms with van der Waals surface area (Å²) in [6.07, 6.45) is -8.02. The molecule has 1 aromatic carbocycles. The Bertz CT molecular complexity index is 386. The smallest absolute Gasteiger partial charge is 0.415 e. The number of ether oxygens (including phenoxy) is 1. The van der Waals surface area contributed by atoms with Crippen molar-refractivity contribution in [1.29, 1.82) is 0 Å². The van der Waals surface area contributed by atoms with E-state index in [0.29, 0.717) is 5.75 Å². The van der Waals surface area contributed by atoms with Crippen LogP contribution in [0.25, 0.3) is 0 Å². The Balaban J connectivity index is 2.29. The molecule has 20 heavy (non-hydrogen) atoms. The van der Waals surface area contributed by atoms with E-state index in [1.54, 1.807) is 24.3 Å². The standard InChI is InChI=1S/C13H18F3NO3/c1-17(8-12(19)13(14,15)16)7-10(18)9-20-11-5-3-2-4-6-11/h2-6,10,12,18-19H,7-9H2,1H3. The van der Waals surface area contributed by atoms with Crippen molar-refractivity contribution in [3.05, 3.63) is 30.3 Å². The highest BCUT2D eigenvalue weighted by Gasteiger charge is 2.38. The average Bonchev–Trinajstić information content (AvgIpc) is 2.36. The number of rotatable bonds is 7. The highest BCUT2D eigenvalue weighted by molar-refractivity contribution is 5.20. The monoisotopic (exact) mass is 293 g/mol. The van der Waals surface area contributed by atoms with Crippen molar-refractivity contribution in [2.45, 2.75) is 18.4 Å². The van der Waals surface area contributed by atoms with Crippen LogP contribution in [-0.2, 0) is 0 Å². The molecule has 0 aromatic heterocycles. The minimum absolute atomic E-state index is 0.0278. The Morgan fingerprint density at radius 3 is 2.30 bits per heavy atom. The molecule has 2 unspecified atom stereocenters. The predicted molar refractivity (Wildman–Crippen MR) is 67.5 cm³/mol. The van der Waals surface area contributed by atoms with Crippen molar-refractivity contribution in [3.8, 4) is 5.75 Å². The predicted octanol–water partition coefficient (Wildman–Crippen LogP) is 1.28. The third-order valence-corrected chi connectivity index (χ3v) is 2.57. The number of nitrogens with zero attached hydrogens (tertiary/aromatic N) is 1. The van der Waals surface area contributed by atoms with Crippen molar-refractivity contribution in [3.63, 3.8) is 0 Å². The summed E-state index contributed by atoms with van der Waals surface area (Å²) in [5.74, 6) is 0.574. The van der Waals surface area contributed by atoms with Gasteiger partial charge in [-0.2, -0.15) is 13.2 Å². The van der Waals surface area contributed by atoms with Gasteiger partial charge in [0.15, 0.2) is 6.10 Å². The van der Waals surface area contributed by atoms with Crippen molar-refractivity contribution in [2.24, 2.45) is 0 Å². The molecule has 0 aliphatic carbocycles. The van der Waals surface area contributed by atoms with Crippen molar-refractivity contribution >= 4 is 0 Å². The zero-order valence-electron chi connectivity index (χ0n) is 11.0. The Kier molecular flexibility index (Phi) is 6.25. The molecule has 0 radical (unpaired) electrons. The van der Waals surface area contributed by atoms with E-state index < -0.39 is 24.9 Å². The molecule has 2 N–H and O–H groups in total. The first-order chi connectivity index (χ1) is 9.29. The van der Waals surface area contributed by atoms with Crippen LogP contribution < -0.4 is 4.74 Å². The Morgan fingerprint density at radius 1 is 1.15 bits per heavy atom. The van der Waals surface area contributed by atoms with Crippen molar-refractivity contribution in [2.75, 3.05) is 26.7 Å². The molecule has 0 fully saturated rings. The van der Waals surface area contributed by atoms with Gasteiger partial charge in [-0.15, -0.1) is 0 Å². The van der Waals surface area contributed by atoms with Gasteiger partial charge in [-0.3, -0.25) is 0 Å². The largest absolute Gasteiger partial charge is 0.491 e. The van der Waals surface area contributed by atoms with Gasteiger partial charge in [0.05, 0.1) is 0 Å². The number of para-hydroxylation sites is 1. The normalized spacial score (nSPS) is 15.2. The third kappa shape index (κ3) is 6.23. The second-order valence-corrected chi connectivity index (χ2v) is 4.56. The minimum Gasteiger partial charge on any atom is -0.491 e. The fraction of sp³-hybridized carbons (Fsp3) is 0.538. The van der Waals surface area contributed by atoms with E-state index in [2.05, 4.69) is 0 Å². The summed E-state index contributed by atoms with van der Waals surface area (Å²) >= 11 is 0. The molecule has 114 valence electrons. The van der Waals surface area contributed by atoms with Gasteiger partial charge in [-0.25, -0.2) is 0 Å². The van der Waals surface area contributed by atoms with Crippen LogP contribution >= 0.6 is 0 Å². The number of alkyl halides is 3. The van der Waals surface area contributed by atoms with Gasteiger partial charge in [0.2, 0.25) is 0 Å². The molecule has 0 saturated heterocycles. The zero-order valence-corrected chi connectivity index (χ0v) is 11.0. The molecule has 7 heteroatoms. The van der Waals surface area contributed by atoms with Gasteiger partial charge in [0, 0.05) is 13.1 Å². The lowest BCUT2D eigenvalue weighted by molar-refractivity contribution is -0.208. The van der Waals surface area contributed by atoms with Gasteiger partial charge in [-0.05, 0) is 19.2 Å². The second kappa shape index (κ2) is 7.47.